The molecule has 0 aliphatic carbocycles. The number of nitrogens with zero attached hydrogens (tertiary/aromatic N) is 3. The van der Waals surface area contributed by atoms with Crippen molar-refractivity contribution in [2.45, 2.75) is 31.3 Å². The van der Waals surface area contributed by atoms with Gasteiger partial charge >= 0.3 is 12.3 Å². The Morgan fingerprint density at radius 2 is 1.97 bits per heavy atom. The molecule has 2 aromatic rings. The lowest BCUT2D eigenvalue weighted by Crippen LogP contribution is -2.45. The number of amides is 2. The zero-order chi connectivity index (χ0) is 22.1. The van der Waals surface area contributed by atoms with E-state index in [2.05, 4.69) is 10.4 Å². The van der Waals surface area contributed by atoms with Crippen LogP contribution >= 0.6 is 0 Å². The minimum absolute atomic E-state index is 0.0138. The molecule has 1 aliphatic rings. The van der Waals surface area contributed by atoms with Gasteiger partial charge in [0.2, 0.25) is 11.8 Å². The molecule has 0 unspecified atom stereocenters. The molecule has 1 aromatic carbocycles. The van der Waals surface area contributed by atoms with Crippen LogP contribution in [0.1, 0.15) is 17.5 Å². The number of ether oxygens (including phenoxy) is 1. The lowest BCUT2D eigenvalue weighted by molar-refractivity contribution is -0.137. The number of aliphatic hydroxyl groups is 1. The lowest BCUT2D eigenvalue weighted by atomic mass is 10.2. The van der Waals surface area contributed by atoms with Gasteiger partial charge in [0.15, 0.2) is 0 Å². The summed E-state index contributed by atoms with van der Waals surface area (Å²) in [7, 11) is 1.35. The van der Waals surface area contributed by atoms with Crippen LogP contribution in [0.15, 0.2) is 30.5 Å². The van der Waals surface area contributed by atoms with E-state index in [1.54, 1.807) is 0 Å². The molecule has 1 saturated heterocycles. The lowest BCUT2D eigenvalue weighted by Gasteiger charge is -2.20. The number of likely N-dealkylation sites (tertiary alicyclic amines) is 1. The van der Waals surface area contributed by atoms with Crippen LogP contribution in [0.3, 0.4) is 0 Å². The van der Waals surface area contributed by atoms with Gasteiger partial charge in [-0.15, -0.1) is 5.10 Å². The quantitative estimate of drug-likeness (QED) is 0.667. The van der Waals surface area contributed by atoms with Crippen molar-refractivity contribution in [2.75, 3.05) is 13.7 Å². The molecule has 12 heteroatoms. The monoisotopic (exact) mass is 428 g/mol. The summed E-state index contributed by atoms with van der Waals surface area (Å²) in [6.45, 7) is -0.203. The molecular weight excluding hydrogens is 409 g/mol. The molecule has 2 heterocycles. The van der Waals surface area contributed by atoms with Crippen LogP contribution in [-0.4, -0.2) is 62.7 Å². The number of nitrogens with one attached hydrogen (secondary N) is 1. The fourth-order valence-electron chi connectivity index (χ4n) is 3.20. The second-order valence-corrected chi connectivity index (χ2v) is 6.71. The molecule has 0 spiro atoms. The van der Waals surface area contributed by atoms with Crippen molar-refractivity contribution in [2.24, 2.45) is 0 Å². The van der Waals surface area contributed by atoms with Crippen LogP contribution in [0.4, 0.5) is 18.0 Å². The second kappa shape index (κ2) is 8.22. The molecule has 1 fully saturated rings. The summed E-state index contributed by atoms with van der Waals surface area (Å²) in [4.78, 5) is 24.5. The highest BCUT2D eigenvalue weighted by molar-refractivity contribution is 5.86. The van der Waals surface area contributed by atoms with Crippen LogP contribution in [0.2, 0.25) is 0 Å². The number of hydrogen-bond donors (Lipinski definition) is 3. The standard InChI is InChI=1S/C18H19F3N4O5/c1-30-16-10(7-22-15(27)14-6-13(26)9-24(14)17(28)29)8-25(23-16)12-4-2-11(3-5-12)18(19,20)21/h2-5,8,13-14,26H,6-7,9H2,1H3,(H,22,27)(H,28,29)/t13-,14-/m0/s1. The maximum Gasteiger partial charge on any atom is 0.416 e. The molecule has 0 bridgehead atoms. The number of aromatic nitrogens is 2. The first-order valence-electron chi connectivity index (χ1n) is 8.85. The number of halogens is 3. The van der Waals surface area contributed by atoms with Gasteiger partial charge < -0.3 is 20.3 Å². The largest absolute Gasteiger partial charge is 0.480 e. The highest BCUT2D eigenvalue weighted by Crippen LogP contribution is 2.30. The Kier molecular flexibility index (Phi) is 5.87. The third kappa shape index (κ3) is 4.48. The number of aliphatic hydroxyl groups excluding tert-OH is 1. The SMILES string of the molecule is COc1nn(-c2ccc(C(F)(F)F)cc2)cc1CNC(=O)[C@@H]1C[C@H](O)CN1C(=O)O. The third-order valence-electron chi connectivity index (χ3n) is 4.68. The molecule has 30 heavy (non-hydrogen) atoms. The number of carbonyl (C=O) groups excluding carboxylic acids is 1. The number of alkyl halides is 3. The Labute approximate surface area is 168 Å². The van der Waals surface area contributed by atoms with E-state index in [1.165, 1.54) is 30.1 Å². The average Bonchev–Trinajstić information content (AvgIpc) is 3.29. The van der Waals surface area contributed by atoms with Crippen LogP contribution in [0, 0.1) is 0 Å². The fraction of sp³-hybridized carbons (Fsp3) is 0.389. The van der Waals surface area contributed by atoms with Crippen LogP contribution in [-0.2, 0) is 17.5 Å². The number of methoxy groups -OCH3 is 1. The number of rotatable bonds is 5. The van der Waals surface area contributed by atoms with Gasteiger partial charge in [0, 0.05) is 19.2 Å². The van der Waals surface area contributed by atoms with E-state index in [1.807, 2.05) is 0 Å². The van der Waals surface area contributed by atoms with Gasteiger partial charge in [-0.1, -0.05) is 0 Å². The Bertz CT molecular complexity index is 929. The molecule has 0 radical (unpaired) electrons. The van der Waals surface area contributed by atoms with Crippen LogP contribution in [0.5, 0.6) is 5.88 Å². The van der Waals surface area contributed by atoms with Crippen molar-refractivity contribution in [3.05, 3.63) is 41.6 Å². The van der Waals surface area contributed by atoms with Crippen molar-refractivity contribution in [3.63, 3.8) is 0 Å². The minimum Gasteiger partial charge on any atom is -0.480 e. The average molecular weight is 428 g/mol. The molecular formula is C18H19F3N4O5. The summed E-state index contributed by atoms with van der Waals surface area (Å²) in [5.41, 5.74) is 0.000561. The number of benzene rings is 1. The Morgan fingerprint density at radius 3 is 2.53 bits per heavy atom. The topological polar surface area (TPSA) is 117 Å². The smallest absolute Gasteiger partial charge is 0.416 e. The molecule has 9 nitrogen and oxygen atoms in total. The number of carbonyl (C=O) groups is 2. The van der Waals surface area contributed by atoms with Gasteiger partial charge in [-0.2, -0.15) is 13.2 Å². The van der Waals surface area contributed by atoms with E-state index in [0.29, 0.717) is 11.3 Å². The van der Waals surface area contributed by atoms with E-state index >= 15 is 0 Å². The molecule has 162 valence electrons. The normalized spacial score (nSPS) is 19.0. The van der Waals surface area contributed by atoms with Crippen LogP contribution in [0.25, 0.3) is 5.69 Å². The van der Waals surface area contributed by atoms with Crippen LogP contribution < -0.4 is 10.1 Å². The first-order chi connectivity index (χ1) is 14.1. The van der Waals surface area contributed by atoms with E-state index in [-0.39, 0.29) is 25.4 Å². The third-order valence-corrected chi connectivity index (χ3v) is 4.68. The van der Waals surface area contributed by atoms with E-state index in [0.717, 1.165) is 17.0 Å². The zero-order valence-corrected chi connectivity index (χ0v) is 15.8. The van der Waals surface area contributed by atoms with Crippen molar-refractivity contribution >= 4 is 12.0 Å². The van der Waals surface area contributed by atoms with Crippen molar-refractivity contribution in [3.8, 4) is 11.6 Å². The molecule has 3 rings (SSSR count). The Morgan fingerprint density at radius 1 is 1.30 bits per heavy atom. The van der Waals surface area contributed by atoms with Gasteiger partial charge in [0.1, 0.15) is 6.04 Å². The summed E-state index contributed by atoms with van der Waals surface area (Å²) < 4.78 is 44.6. The predicted molar refractivity (Wildman–Crippen MR) is 96.1 cm³/mol. The maximum atomic E-state index is 12.7. The van der Waals surface area contributed by atoms with Crippen molar-refractivity contribution in [1.29, 1.82) is 0 Å². The van der Waals surface area contributed by atoms with Gasteiger partial charge in [-0.05, 0) is 24.3 Å². The molecule has 3 N–H and O–H groups in total. The molecule has 2 atom stereocenters. The summed E-state index contributed by atoms with van der Waals surface area (Å²) in [5.74, 6) is -0.435. The van der Waals surface area contributed by atoms with Gasteiger partial charge in [-0.25, -0.2) is 9.48 Å². The predicted octanol–water partition coefficient (Wildman–Crippen LogP) is 1.63. The second-order valence-electron chi connectivity index (χ2n) is 6.71. The van der Waals surface area contributed by atoms with Gasteiger partial charge in [0.25, 0.3) is 0 Å². The van der Waals surface area contributed by atoms with Crippen molar-refractivity contribution < 1.29 is 37.7 Å². The first kappa shape index (κ1) is 21.4. The van der Waals surface area contributed by atoms with E-state index in [9.17, 15) is 27.9 Å². The number of hydrogen-bond acceptors (Lipinski definition) is 5. The van der Waals surface area contributed by atoms with Gasteiger partial charge in [-0.3, -0.25) is 9.69 Å². The first-order valence-corrected chi connectivity index (χ1v) is 8.85. The maximum absolute atomic E-state index is 12.7. The van der Waals surface area contributed by atoms with E-state index in [4.69, 9.17) is 9.84 Å². The highest BCUT2D eigenvalue weighted by atomic mass is 19.4. The zero-order valence-electron chi connectivity index (χ0n) is 15.8. The number of β-amino-alcohol motifs (C(OH)–C–C–N with tert-alkyl or cyclic N) is 1. The van der Waals surface area contributed by atoms with Gasteiger partial charge in [0.05, 0.1) is 36.6 Å². The summed E-state index contributed by atoms with van der Waals surface area (Å²) in [6.07, 6.45) is -5.21. The summed E-state index contributed by atoms with van der Waals surface area (Å²) >= 11 is 0. The molecule has 2 amide bonds. The Hall–Kier alpha value is -3.28. The van der Waals surface area contributed by atoms with Crippen molar-refractivity contribution in [1.82, 2.24) is 20.0 Å². The summed E-state index contributed by atoms with van der Waals surface area (Å²) in [6, 6.07) is 3.34. The molecule has 0 saturated carbocycles. The summed E-state index contributed by atoms with van der Waals surface area (Å²) in [5, 5.41) is 25.5. The Balaban J connectivity index is 1.72. The van der Waals surface area contributed by atoms with E-state index < -0.39 is 35.9 Å². The fourth-order valence-corrected chi connectivity index (χ4v) is 3.20. The highest BCUT2D eigenvalue weighted by Gasteiger charge is 2.39. The molecule has 1 aromatic heterocycles. The minimum atomic E-state index is -4.45. The number of carboxylic acid groups (broad SMARTS) is 1. The molecule has 1 aliphatic heterocycles.